The normalized spacial score (nSPS) is 38.3. The van der Waals surface area contributed by atoms with Gasteiger partial charge in [-0.05, 0) is 81.3 Å². The highest BCUT2D eigenvalue weighted by atomic mass is 15.2. The summed E-state index contributed by atoms with van der Waals surface area (Å²) in [6.45, 7) is 2.48. The Balaban J connectivity index is 1.50. The van der Waals surface area contributed by atoms with E-state index in [-0.39, 0.29) is 0 Å². The molecule has 0 amide bonds. The summed E-state index contributed by atoms with van der Waals surface area (Å²) >= 11 is 0. The molecule has 4 aliphatic carbocycles. The van der Waals surface area contributed by atoms with Gasteiger partial charge >= 0.3 is 0 Å². The monoisotopic (exact) mass is 310 g/mol. The van der Waals surface area contributed by atoms with Crippen LogP contribution in [-0.4, -0.2) is 25.7 Å². The molecule has 0 atom stereocenters. The molecule has 4 saturated carbocycles. The molecule has 1 saturated heterocycles. The Kier molecular flexibility index (Phi) is 3.18. The van der Waals surface area contributed by atoms with Crippen molar-refractivity contribution in [2.75, 3.05) is 29.9 Å². The first-order chi connectivity index (χ1) is 11.2. The van der Waals surface area contributed by atoms with Gasteiger partial charge in [0, 0.05) is 25.7 Å². The molecule has 4 bridgehead atoms. The summed E-state index contributed by atoms with van der Waals surface area (Å²) in [5, 5.41) is 0. The average molecular weight is 310 g/mol. The molecule has 1 aromatic rings. The highest BCUT2D eigenvalue weighted by Crippen LogP contribution is 2.58. The van der Waals surface area contributed by atoms with Crippen molar-refractivity contribution in [3.8, 4) is 0 Å². The zero-order valence-electron chi connectivity index (χ0n) is 14.5. The van der Waals surface area contributed by atoms with Gasteiger partial charge in [0.15, 0.2) is 0 Å². The van der Waals surface area contributed by atoms with E-state index in [2.05, 4.69) is 41.1 Å². The van der Waals surface area contributed by atoms with Crippen molar-refractivity contribution >= 4 is 11.4 Å². The molecule has 0 radical (unpaired) electrons. The quantitative estimate of drug-likeness (QED) is 0.799. The Bertz CT molecular complexity index is 552. The van der Waals surface area contributed by atoms with Gasteiger partial charge in [-0.25, -0.2) is 0 Å². The Morgan fingerprint density at radius 2 is 1.48 bits per heavy atom. The van der Waals surface area contributed by atoms with Crippen LogP contribution in [-0.2, 0) is 0 Å². The number of hydrogen-bond donors (Lipinski definition) is 0. The molecule has 1 heterocycles. The van der Waals surface area contributed by atoms with E-state index in [1.165, 1.54) is 75.8 Å². The molecule has 0 N–H and O–H groups in total. The van der Waals surface area contributed by atoms with E-state index in [1.54, 1.807) is 0 Å². The molecule has 1 aromatic carbocycles. The lowest BCUT2D eigenvalue weighted by Gasteiger charge is -2.60. The summed E-state index contributed by atoms with van der Waals surface area (Å²) in [5.74, 6) is 3.05. The van der Waals surface area contributed by atoms with Crippen LogP contribution in [0.4, 0.5) is 11.4 Å². The topological polar surface area (TPSA) is 6.48 Å². The fraction of sp³-hybridized carbons (Fsp3) is 0.714. The van der Waals surface area contributed by atoms with Crippen LogP contribution in [0.2, 0.25) is 0 Å². The summed E-state index contributed by atoms with van der Waals surface area (Å²) in [7, 11) is 2.40. The van der Waals surface area contributed by atoms with Crippen LogP contribution in [0.3, 0.4) is 0 Å². The summed E-state index contributed by atoms with van der Waals surface area (Å²) in [6, 6.07) is 9.21. The van der Waals surface area contributed by atoms with E-state index in [0.29, 0.717) is 5.54 Å². The van der Waals surface area contributed by atoms with Crippen molar-refractivity contribution in [2.24, 2.45) is 17.8 Å². The summed E-state index contributed by atoms with van der Waals surface area (Å²) in [6.07, 6.45) is 11.6. The van der Waals surface area contributed by atoms with E-state index < -0.39 is 0 Å². The summed E-state index contributed by atoms with van der Waals surface area (Å²) in [5.41, 5.74) is 3.45. The minimum absolute atomic E-state index is 0.463. The third-order valence-electron chi connectivity index (χ3n) is 7.41. The smallest absolute Gasteiger partial charge is 0.0606 e. The number of rotatable bonds is 3. The van der Waals surface area contributed by atoms with Gasteiger partial charge in [0.05, 0.1) is 11.4 Å². The minimum atomic E-state index is 0.463. The maximum atomic E-state index is 2.73. The second-order valence-electron chi connectivity index (χ2n) is 8.88. The third kappa shape index (κ3) is 2.21. The van der Waals surface area contributed by atoms with Crippen molar-refractivity contribution in [1.29, 1.82) is 0 Å². The lowest BCUT2D eigenvalue weighted by Crippen LogP contribution is -2.59. The molecule has 0 aromatic heterocycles. The standard InChI is InChI=1S/C21H30N2/c1-22(19-6-2-3-7-20(19)23-8-4-5-9-23)21-13-16-10-17(14-21)12-18(11-16)15-21/h2-3,6-7,16-18H,4-5,8-15H2,1H3. The number of anilines is 2. The van der Waals surface area contributed by atoms with Crippen molar-refractivity contribution in [3.63, 3.8) is 0 Å². The van der Waals surface area contributed by atoms with Crippen LogP contribution in [0.15, 0.2) is 24.3 Å². The fourth-order valence-electron chi connectivity index (χ4n) is 6.70. The Morgan fingerprint density at radius 1 is 0.913 bits per heavy atom. The first kappa shape index (κ1) is 14.2. The molecule has 0 spiro atoms. The second-order valence-corrected chi connectivity index (χ2v) is 8.88. The number of para-hydroxylation sites is 2. The fourth-order valence-corrected chi connectivity index (χ4v) is 6.70. The van der Waals surface area contributed by atoms with Crippen LogP contribution in [0.1, 0.15) is 51.4 Å². The van der Waals surface area contributed by atoms with E-state index in [9.17, 15) is 0 Å². The van der Waals surface area contributed by atoms with Crippen LogP contribution in [0.5, 0.6) is 0 Å². The van der Waals surface area contributed by atoms with Crippen LogP contribution < -0.4 is 9.80 Å². The molecule has 1 aliphatic heterocycles. The van der Waals surface area contributed by atoms with Gasteiger partial charge < -0.3 is 9.80 Å². The number of nitrogens with zero attached hydrogens (tertiary/aromatic N) is 2. The van der Waals surface area contributed by atoms with E-state index in [0.717, 1.165) is 17.8 Å². The van der Waals surface area contributed by atoms with Crippen molar-refractivity contribution in [2.45, 2.75) is 56.9 Å². The molecular weight excluding hydrogens is 280 g/mol. The highest BCUT2D eigenvalue weighted by Gasteiger charge is 2.53. The van der Waals surface area contributed by atoms with Crippen LogP contribution in [0.25, 0.3) is 0 Å². The maximum Gasteiger partial charge on any atom is 0.0606 e. The third-order valence-corrected chi connectivity index (χ3v) is 7.41. The summed E-state index contributed by atoms with van der Waals surface area (Å²) in [4.78, 5) is 5.34. The second kappa shape index (κ2) is 5.16. The predicted octanol–water partition coefficient (Wildman–Crippen LogP) is 4.69. The van der Waals surface area contributed by atoms with Crippen molar-refractivity contribution < 1.29 is 0 Å². The lowest BCUT2D eigenvalue weighted by molar-refractivity contribution is -0.00197. The first-order valence-electron chi connectivity index (χ1n) is 9.81. The Labute approximate surface area is 140 Å². The molecule has 2 nitrogen and oxygen atoms in total. The van der Waals surface area contributed by atoms with E-state index >= 15 is 0 Å². The molecule has 23 heavy (non-hydrogen) atoms. The van der Waals surface area contributed by atoms with Gasteiger partial charge in [0.2, 0.25) is 0 Å². The molecule has 6 rings (SSSR count). The van der Waals surface area contributed by atoms with Crippen LogP contribution >= 0.6 is 0 Å². The zero-order valence-corrected chi connectivity index (χ0v) is 14.5. The predicted molar refractivity (Wildman–Crippen MR) is 97.2 cm³/mol. The lowest BCUT2D eigenvalue weighted by atomic mass is 9.52. The molecule has 5 fully saturated rings. The van der Waals surface area contributed by atoms with Gasteiger partial charge in [-0.1, -0.05) is 12.1 Å². The molecule has 124 valence electrons. The van der Waals surface area contributed by atoms with Gasteiger partial charge in [-0.2, -0.15) is 0 Å². The number of benzene rings is 1. The van der Waals surface area contributed by atoms with E-state index in [4.69, 9.17) is 0 Å². The van der Waals surface area contributed by atoms with Gasteiger partial charge in [0.1, 0.15) is 0 Å². The van der Waals surface area contributed by atoms with Gasteiger partial charge in [-0.3, -0.25) is 0 Å². The molecule has 5 aliphatic rings. The minimum Gasteiger partial charge on any atom is -0.370 e. The number of hydrogen-bond acceptors (Lipinski definition) is 2. The van der Waals surface area contributed by atoms with E-state index in [1.807, 2.05) is 0 Å². The van der Waals surface area contributed by atoms with Crippen LogP contribution in [0, 0.1) is 17.8 Å². The maximum absolute atomic E-state index is 2.73. The molecule has 2 heteroatoms. The largest absolute Gasteiger partial charge is 0.370 e. The Hall–Kier alpha value is -1.18. The zero-order chi connectivity index (χ0) is 15.4. The SMILES string of the molecule is CN(c1ccccc1N1CCCC1)C12CC3CC(CC(C3)C1)C2. The van der Waals surface area contributed by atoms with Crippen molar-refractivity contribution in [3.05, 3.63) is 24.3 Å². The van der Waals surface area contributed by atoms with Crippen molar-refractivity contribution in [1.82, 2.24) is 0 Å². The first-order valence-corrected chi connectivity index (χ1v) is 9.81. The summed E-state index contributed by atoms with van der Waals surface area (Å²) < 4.78 is 0. The molecule has 0 unspecified atom stereocenters. The van der Waals surface area contributed by atoms with Gasteiger partial charge in [0.25, 0.3) is 0 Å². The highest BCUT2D eigenvalue weighted by molar-refractivity contribution is 5.72. The van der Waals surface area contributed by atoms with Gasteiger partial charge in [-0.15, -0.1) is 0 Å². The Morgan fingerprint density at radius 3 is 2.09 bits per heavy atom. The average Bonchev–Trinajstić information content (AvgIpc) is 3.07. The molecular formula is C21H30N2.